The summed E-state index contributed by atoms with van der Waals surface area (Å²) in [5, 5.41) is 3.59. The maximum Gasteiger partial charge on any atom is 0.216 e. The van der Waals surface area contributed by atoms with Crippen molar-refractivity contribution in [1.29, 1.82) is 0 Å². The van der Waals surface area contributed by atoms with Gasteiger partial charge in [0.1, 0.15) is 0 Å². The van der Waals surface area contributed by atoms with Crippen LogP contribution in [0.25, 0.3) is 44.6 Å². The molecule has 4 heterocycles. The van der Waals surface area contributed by atoms with Crippen LogP contribution in [0, 0.1) is 18.1 Å². The molecule has 6 aromatic rings. The molecule has 1 aliphatic rings. The number of benzene rings is 2. The molecule has 7 rings (SSSR count). The number of furan rings is 1. The van der Waals surface area contributed by atoms with E-state index in [1.165, 1.54) is 47.6 Å². The van der Waals surface area contributed by atoms with Gasteiger partial charge < -0.3 is 14.4 Å². The first-order chi connectivity index (χ1) is 22.6. The van der Waals surface area contributed by atoms with Crippen LogP contribution >= 0.6 is 0 Å². The van der Waals surface area contributed by atoms with Crippen LogP contribution in [0.15, 0.2) is 83.7 Å². The standard InChI is InChI=1S/C25H25N2O.C17H22NSi.Ir/c1-16(2)22-15-27-23(14-18(22)13-17-7-3-4-8-17)21-10-5-9-19-20-11-6-12-26-25(20)28-24(19)21;1-13(2)15-11-16(14-9-7-6-8-10-14)18-12-17(15)19(3,4)5;/h5-6,9,11-12,14-17H,3-4,7-8,13H2,1-2H3;6-9,11-13H,1-5H3;/q2*-1;. The Hall–Kier alpha value is -3.44. The minimum absolute atomic E-state index is 0. The first kappa shape index (κ1) is 35.9. The fraction of sp³-hybridized carbons (Fsp3) is 0.357. The van der Waals surface area contributed by atoms with Crippen LogP contribution in [-0.2, 0) is 26.5 Å². The number of hydrogen-bond donors (Lipinski definition) is 0. The number of hydrogen-bond acceptors (Lipinski definition) is 4. The normalized spacial score (nSPS) is 13.6. The molecular weight excluding hydrogens is 783 g/mol. The Kier molecular flexibility index (Phi) is 11.5. The van der Waals surface area contributed by atoms with Crippen molar-refractivity contribution in [2.75, 3.05) is 0 Å². The van der Waals surface area contributed by atoms with Gasteiger partial charge in [-0.3, -0.25) is 0 Å². The van der Waals surface area contributed by atoms with E-state index >= 15 is 0 Å². The Labute approximate surface area is 301 Å². The Morgan fingerprint density at radius 2 is 1.54 bits per heavy atom. The van der Waals surface area contributed by atoms with Crippen LogP contribution in [0.5, 0.6) is 0 Å². The second-order valence-electron chi connectivity index (χ2n) is 14.7. The number of pyridine rings is 3. The van der Waals surface area contributed by atoms with Crippen LogP contribution in [-0.4, -0.2) is 23.0 Å². The monoisotopic (exact) mass is 830 g/mol. The average molecular weight is 830 g/mol. The van der Waals surface area contributed by atoms with Gasteiger partial charge >= 0.3 is 0 Å². The molecule has 0 N–H and O–H groups in total. The molecule has 1 aliphatic carbocycles. The summed E-state index contributed by atoms with van der Waals surface area (Å²) in [7, 11) is -1.34. The van der Waals surface area contributed by atoms with Crippen molar-refractivity contribution >= 4 is 35.3 Å². The summed E-state index contributed by atoms with van der Waals surface area (Å²) in [5.41, 5.74) is 9.73. The molecule has 2 aromatic carbocycles. The van der Waals surface area contributed by atoms with Crippen molar-refractivity contribution in [3.63, 3.8) is 0 Å². The van der Waals surface area contributed by atoms with Gasteiger partial charge in [0.25, 0.3) is 0 Å². The molecule has 1 saturated carbocycles. The van der Waals surface area contributed by atoms with E-state index < -0.39 is 8.07 Å². The summed E-state index contributed by atoms with van der Waals surface area (Å²) in [6.07, 6.45) is 12.5. The summed E-state index contributed by atoms with van der Waals surface area (Å²) in [5.74, 6) is 1.82. The zero-order valence-corrected chi connectivity index (χ0v) is 32.8. The number of aromatic nitrogens is 3. The van der Waals surface area contributed by atoms with Crippen LogP contribution in [0.4, 0.5) is 0 Å². The quantitative estimate of drug-likeness (QED) is 0.119. The van der Waals surface area contributed by atoms with Crippen molar-refractivity contribution in [3.05, 3.63) is 108 Å². The molecule has 0 unspecified atom stereocenters. The maximum atomic E-state index is 6.11. The molecular formula is C42H47IrN3OSi-2. The van der Waals surface area contributed by atoms with Crippen LogP contribution in [0.2, 0.25) is 19.6 Å². The predicted octanol–water partition coefficient (Wildman–Crippen LogP) is 10.9. The van der Waals surface area contributed by atoms with E-state index in [2.05, 4.69) is 106 Å². The molecule has 4 aromatic heterocycles. The summed E-state index contributed by atoms with van der Waals surface area (Å²) >= 11 is 0. The molecule has 0 saturated heterocycles. The van der Waals surface area contributed by atoms with E-state index in [9.17, 15) is 0 Å². The minimum Gasteiger partial charge on any atom is -0.486 e. The molecule has 1 radical (unpaired) electrons. The SMILES string of the molecule is CC(C)c1cc(-c2[c-]cccc2)ncc1[Si](C)(C)C.CC(C)c1cnc(-c2[c-]ccc3c2oc2ncccc23)cc1CC1CCCC1.[Ir]. The van der Waals surface area contributed by atoms with Crippen LogP contribution < -0.4 is 5.19 Å². The Balaban J connectivity index is 0.000000198. The first-order valence-corrected chi connectivity index (χ1v) is 20.7. The summed E-state index contributed by atoms with van der Waals surface area (Å²) in [6, 6.07) is 27.2. The van der Waals surface area contributed by atoms with E-state index in [0.29, 0.717) is 17.5 Å². The van der Waals surface area contributed by atoms with E-state index in [-0.39, 0.29) is 20.1 Å². The van der Waals surface area contributed by atoms with Crippen molar-refractivity contribution in [3.8, 4) is 22.5 Å². The fourth-order valence-electron chi connectivity index (χ4n) is 6.91. The topological polar surface area (TPSA) is 51.8 Å². The summed E-state index contributed by atoms with van der Waals surface area (Å²) in [4.78, 5) is 13.9. The molecule has 0 aliphatic heterocycles. The Morgan fingerprint density at radius 1 is 0.792 bits per heavy atom. The van der Waals surface area contributed by atoms with Gasteiger partial charge in [-0.05, 0) is 64.0 Å². The van der Waals surface area contributed by atoms with Gasteiger partial charge in [-0.15, -0.1) is 54.1 Å². The molecule has 251 valence electrons. The largest absolute Gasteiger partial charge is 0.486 e. The Morgan fingerprint density at radius 3 is 2.23 bits per heavy atom. The van der Waals surface area contributed by atoms with Gasteiger partial charge in [-0.25, -0.2) is 4.98 Å². The molecule has 0 amide bonds. The van der Waals surface area contributed by atoms with Gasteiger partial charge in [-0.1, -0.05) is 102 Å². The number of nitrogens with zero attached hydrogens (tertiary/aromatic N) is 3. The second kappa shape index (κ2) is 15.4. The van der Waals surface area contributed by atoms with Crippen molar-refractivity contribution in [2.24, 2.45) is 5.92 Å². The van der Waals surface area contributed by atoms with Gasteiger partial charge in [0.15, 0.2) is 0 Å². The van der Waals surface area contributed by atoms with E-state index in [0.717, 1.165) is 51.2 Å². The zero-order valence-electron chi connectivity index (χ0n) is 29.4. The van der Waals surface area contributed by atoms with Gasteiger partial charge in [0.2, 0.25) is 5.71 Å². The van der Waals surface area contributed by atoms with Crippen molar-refractivity contribution < 1.29 is 24.5 Å². The zero-order chi connectivity index (χ0) is 33.1. The smallest absolute Gasteiger partial charge is 0.216 e. The molecule has 4 nitrogen and oxygen atoms in total. The first-order valence-electron chi connectivity index (χ1n) is 17.2. The Bertz CT molecular complexity index is 1970. The molecule has 0 spiro atoms. The van der Waals surface area contributed by atoms with Crippen LogP contribution in [0.1, 0.15) is 81.9 Å². The molecule has 48 heavy (non-hydrogen) atoms. The van der Waals surface area contributed by atoms with E-state index in [1.54, 1.807) is 6.20 Å². The van der Waals surface area contributed by atoms with Gasteiger partial charge in [-0.2, -0.15) is 0 Å². The fourth-order valence-corrected chi connectivity index (χ4v) is 8.59. The molecule has 0 atom stereocenters. The molecule has 0 bridgehead atoms. The molecule has 6 heteroatoms. The minimum atomic E-state index is -1.34. The van der Waals surface area contributed by atoms with E-state index in [4.69, 9.17) is 9.40 Å². The summed E-state index contributed by atoms with van der Waals surface area (Å²) < 4.78 is 6.11. The van der Waals surface area contributed by atoms with Crippen LogP contribution in [0.3, 0.4) is 0 Å². The predicted molar refractivity (Wildman–Crippen MR) is 199 cm³/mol. The third-order valence-corrected chi connectivity index (χ3v) is 11.5. The second-order valence-corrected chi connectivity index (χ2v) is 19.7. The van der Waals surface area contributed by atoms with Gasteiger partial charge in [0.05, 0.1) is 13.7 Å². The van der Waals surface area contributed by atoms with Crippen molar-refractivity contribution in [2.45, 2.75) is 91.3 Å². The number of rotatable bonds is 7. The summed E-state index contributed by atoms with van der Waals surface area (Å²) in [6.45, 7) is 16.2. The van der Waals surface area contributed by atoms with Gasteiger partial charge in [0, 0.05) is 44.1 Å². The average Bonchev–Trinajstić information content (AvgIpc) is 3.72. The van der Waals surface area contributed by atoms with E-state index in [1.807, 2.05) is 36.4 Å². The van der Waals surface area contributed by atoms with Crippen molar-refractivity contribution in [1.82, 2.24) is 15.0 Å². The third-order valence-electron chi connectivity index (χ3n) is 9.45. The maximum absolute atomic E-state index is 6.11. The molecule has 1 fully saturated rings. The third kappa shape index (κ3) is 7.88. The number of fused-ring (bicyclic) bond motifs is 3.